The Bertz CT molecular complexity index is 482. The van der Waals surface area contributed by atoms with Crippen LogP contribution in [-0.4, -0.2) is 72.7 Å². The summed E-state index contributed by atoms with van der Waals surface area (Å²) in [5.74, 6) is 0.485. The summed E-state index contributed by atoms with van der Waals surface area (Å²) in [6.07, 6.45) is 4.57. The van der Waals surface area contributed by atoms with E-state index in [4.69, 9.17) is 9.47 Å². The highest BCUT2D eigenvalue weighted by Crippen LogP contribution is 2.22. The lowest BCUT2D eigenvalue weighted by atomic mass is 9.96. The maximum atomic E-state index is 12.4. The maximum Gasteiger partial charge on any atom is 0.244 e. The highest BCUT2D eigenvalue weighted by atomic mass is 16.5. The van der Waals surface area contributed by atoms with Crippen molar-refractivity contribution < 1.29 is 14.3 Å². The van der Waals surface area contributed by atoms with Gasteiger partial charge >= 0.3 is 0 Å². The normalized spacial score (nSPS) is 25.2. The van der Waals surface area contributed by atoms with Crippen LogP contribution < -0.4 is 5.32 Å². The predicted octanol–water partition coefficient (Wildman–Crippen LogP) is 0.298. The molecule has 1 amide bonds. The number of aromatic nitrogens is 2. The molecule has 7 heteroatoms. The zero-order chi connectivity index (χ0) is 16.1. The van der Waals surface area contributed by atoms with E-state index in [2.05, 4.69) is 15.3 Å². The van der Waals surface area contributed by atoms with Gasteiger partial charge in [0.1, 0.15) is 6.04 Å². The molecule has 0 radical (unpaired) electrons. The van der Waals surface area contributed by atoms with E-state index in [1.807, 2.05) is 19.2 Å². The zero-order valence-electron chi connectivity index (χ0n) is 13.7. The largest absolute Gasteiger partial charge is 0.381 e. The third-order valence-corrected chi connectivity index (χ3v) is 4.81. The number of hydrogen-bond acceptors (Lipinski definition) is 5. The van der Waals surface area contributed by atoms with Crippen LogP contribution in [0.1, 0.15) is 19.4 Å². The van der Waals surface area contributed by atoms with Gasteiger partial charge in [0, 0.05) is 50.6 Å². The second-order valence-electron chi connectivity index (χ2n) is 6.25. The zero-order valence-corrected chi connectivity index (χ0v) is 13.7. The lowest BCUT2D eigenvalue weighted by Crippen LogP contribution is -2.52. The van der Waals surface area contributed by atoms with Crippen molar-refractivity contribution >= 4 is 5.91 Å². The molecule has 1 aromatic heterocycles. The molecule has 128 valence electrons. The molecule has 2 saturated heterocycles. The molecule has 2 aliphatic rings. The fourth-order valence-corrected chi connectivity index (χ4v) is 3.34. The smallest absolute Gasteiger partial charge is 0.244 e. The van der Waals surface area contributed by atoms with Crippen LogP contribution >= 0.6 is 0 Å². The Balaban J connectivity index is 1.58. The molecule has 7 nitrogen and oxygen atoms in total. The molecular formula is C16H26N4O3. The van der Waals surface area contributed by atoms with Gasteiger partial charge in [-0.1, -0.05) is 0 Å². The van der Waals surface area contributed by atoms with Crippen LogP contribution in [0.15, 0.2) is 18.5 Å². The molecule has 3 rings (SSSR count). The first kappa shape index (κ1) is 16.4. The average molecular weight is 322 g/mol. The van der Waals surface area contributed by atoms with E-state index >= 15 is 0 Å². The Kier molecular flexibility index (Phi) is 5.64. The number of amides is 1. The summed E-state index contributed by atoms with van der Waals surface area (Å²) < 4.78 is 12.7. The Labute approximate surface area is 136 Å². The van der Waals surface area contributed by atoms with Crippen molar-refractivity contribution in [2.75, 3.05) is 46.1 Å². The molecule has 1 N–H and O–H groups in total. The Morgan fingerprint density at radius 2 is 2.17 bits per heavy atom. The molecule has 0 saturated carbocycles. The summed E-state index contributed by atoms with van der Waals surface area (Å²) in [4.78, 5) is 14.8. The van der Waals surface area contributed by atoms with Crippen LogP contribution in [0.25, 0.3) is 0 Å². The molecular weight excluding hydrogens is 296 g/mol. The summed E-state index contributed by atoms with van der Waals surface area (Å²) in [6.45, 7) is 7.50. The molecule has 0 unspecified atom stereocenters. The predicted molar refractivity (Wildman–Crippen MR) is 85.1 cm³/mol. The molecule has 0 spiro atoms. The van der Waals surface area contributed by atoms with E-state index in [1.54, 1.807) is 10.9 Å². The molecule has 0 bridgehead atoms. The first-order valence-corrected chi connectivity index (χ1v) is 8.42. The Morgan fingerprint density at radius 3 is 2.83 bits per heavy atom. The van der Waals surface area contributed by atoms with E-state index < -0.39 is 0 Å². The SMILES string of the molecule is C[C@H](C(=O)NC[C@@H]([C@H]1CCOC1)N1CCOCC1)n1cccn1. The lowest BCUT2D eigenvalue weighted by Gasteiger charge is -2.37. The summed E-state index contributed by atoms with van der Waals surface area (Å²) in [7, 11) is 0. The van der Waals surface area contributed by atoms with Gasteiger partial charge in [-0.05, 0) is 19.4 Å². The van der Waals surface area contributed by atoms with E-state index in [0.29, 0.717) is 18.5 Å². The first-order chi connectivity index (χ1) is 11.3. The van der Waals surface area contributed by atoms with E-state index in [-0.39, 0.29) is 11.9 Å². The van der Waals surface area contributed by atoms with Crippen molar-refractivity contribution in [3.8, 4) is 0 Å². The number of carbonyl (C=O) groups is 1. The lowest BCUT2D eigenvalue weighted by molar-refractivity contribution is -0.124. The van der Waals surface area contributed by atoms with Gasteiger partial charge in [0.15, 0.2) is 0 Å². The summed E-state index contributed by atoms with van der Waals surface area (Å²) in [5, 5.41) is 7.25. The van der Waals surface area contributed by atoms with Crippen LogP contribution in [-0.2, 0) is 14.3 Å². The average Bonchev–Trinajstić information content (AvgIpc) is 3.29. The standard InChI is InChI=1S/C16H26N4O3/c1-13(20-5-2-4-18-20)16(21)17-11-15(14-3-8-23-12-14)19-6-9-22-10-7-19/h2,4-5,13-15H,3,6-12H2,1H3,(H,17,21)/t13-,14+,15+/m1/s1. The molecule has 23 heavy (non-hydrogen) atoms. The number of rotatable bonds is 6. The van der Waals surface area contributed by atoms with Crippen molar-refractivity contribution in [3.05, 3.63) is 18.5 Å². The first-order valence-electron chi connectivity index (χ1n) is 8.42. The number of morpholine rings is 1. The molecule has 2 fully saturated rings. The van der Waals surface area contributed by atoms with Gasteiger partial charge in [0.05, 0.1) is 19.8 Å². The quantitative estimate of drug-likeness (QED) is 0.816. The second-order valence-corrected chi connectivity index (χ2v) is 6.25. The van der Waals surface area contributed by atoms with Gasteiger partial charge in [0.25, 0.3) is 0 Å². The Morgan fingerprint density at radius 1 is 1.35 bits per heavy atom. The summed E-state index contributed by atoms with van der Waals surface area (Å²) in [6, 6.07) is 1.85. The summed E-state index contributed by atoms with van der Waals surface area (Å²) >= 11 is 0. The molecule has 3 heterocycles. The molecule has 0 aliphatic carbocycles. The minimum Gasteiger partial charge on any atom is -0.381 e. The number of ether oxygens (including phenoxy) is 2. The second kappa shape index (κ2) is 7.90. The van der Waals surface area contributed by atoms with Crippen LogP contribution in [0.4, 0.5) is 0 Å². The van der Waals surface area contributed by atoms with Gasteiger partial charge in [-0.25, -0.2) is 0 Å². The molecule has 3 atom stereocenters. The van der Waals surface area contributed by atoms with Crippen molar-refractivity contribution in [1.82, 2.24) is 20.0 Å². The van der Waals surface area contributed by atoms with Gasteiger partial charge < -0.3 is 14.8 Å². The van der Waals surface area contributed by atoms with Crippen LogP contribution in [0.5, 0.6) is 0 Å². The molecule has 0 aromatic carbocycles. The third-order valence-electron chi connectivity index (χ3n) is 4.81. The third kappa shape index (κ3) is 4.10. The highest BCUT2D eigenvalue weighted by Gasteiger charge is 2.32. The minimum absolute atomic E-state index is 0.00544. The monoisotopic (exact) mass is 322 g/mol. The Hall–Kier alpha value is -1.44. The number of carbonyl (C=O) groups excluding carboxylic acids is 1. The van der Waals surface area contributed by atoms with Crippen LogP contribution in [0.2, 0.25) is 0 Å². The van der Waals surface area contributed by atoms with E-state index in [1.165, 1.54) is 0 Å². The molecule has 2 aliphatic heterocycles. The van der Waals surface area contributed by atoms with Gasteiger partial charge in [-0.15, -0.1) is 0 Å². The minimum atomic E-state index is -0.296. The van der Waals surface area contributed by atoms with Crippen molar-refractivity contribution in [1.29, 1.82) is 0 Å². The number of nitrogens with one attached hydrogen (secondary N) is 1. The topological polar surface area (TPSA) is 68.6 Å². The number of nitrogens with zero attached hydrogens (tertiary/aromatic N) is 3. The van der Waals surface area contributed by atoms with Crippen molar-refractivity contribution in [2.24, 2.45) is 5.92 Å². The maximum absolute atomic E-state index is 12.4. The van der Waals surface area contributed by atoms with Crippen LogP contribution in [0.3, 0.4) is 0 Å². The van der Waals surface area contributed by atoms with Gasteiger partial charge in [-0.3, -0.25) is 14.4 Å². The van der Waals surface area contributed by atoms with E-state index in [9.17, 15) is 4.79 Å². The number of hydrogen-bond donors (Lipinski definition) is 1. The van der Waals surface area contributed by atoms with Gasteiger partial charge in [0.2, 0.25) is 5.91 Å². The highest BCUT2D eigenvalue weighted by molar-refractivity contribution is 5.79. The van der Waals surface area contributed by atoms with Crippen LogP contribution in [0, 0.1) is 5.92 Å². The van der Waals surface area contributed by atoms with Gasteiger partial charge in [-0.2, -0.15) is 5.10 Å². The van der Waals surface area contributed by atoms with Crippen molar-refractivity contribution in [2.45, 2.75) is 25.4 Å². The van der Waals surface area contributed by atoms with Crippen molar-refractivity contribution in [3.63, 3.8) is 0 Å². The fraction of sp³-hybridized carbons (Fsp3) is 0.750. The fourth-order valence-electron chi connectivity index (χ4n) is 3.34. The van der Waals surface area contributed by atoms with E-state index in [0.717, 1.165) is 45.9 Å². The molecule has 1 aromatic rings. The summed E-state index contributed by atoms with van der Waals surface area (Å²) in [5.41, 5.74) is 0.